The van der Waals surface area contributed by atoms with Crippen LogP contribution in [0, 0.1) is 5.41 Å². The second-order valence-electron chi connectivity index (χ2n) is 3.60. The van der Waals surface area contributed by atoms with Crippen LogP contribution in [0.1, 0.15) is 26.2 Å². The van der Waals surface area contributed by atoms with Crippen molar-refractivity contribution in [2.45, 2.75) is 32.3 Å². The fourth-order valence-corrected chi connectivity index (χ4v) is 1.42. The summed E-state index contributed by atoms with van der Waals surface area (Å²) in [6, 6.07) is 0. The predicted octanol–water partition coefficient (Wildman–Crippen LogP) is 0.639. The maximum atomic E-state index is 10.7. The summed E-state index contributed by atoms with van der Waals surface area (Å²) in [6.45, 7) is 2.64. The maximum absolute atomic E-state index is 10.7. The smallest absolute Gasteiger partial charge is 0.309 e. The number of aliphatic carboxylic acids is 1. The SMILES string of the molecule is CCOCC(O)CC1(C(=O)O)CC1. The van der Waals surface area contributed by atoms with Crippen molar-refractivity contribution in [2.24, 2.45) is 5.41 Å². The molecule has 13 heavy (non-hydrogen) atoms. The summed E-state index contributed by atoms with van der Waals surface area (Å²) in [5.74, 6) is -0.789. The molecule has 1 saturated carbocycles. The zero-order valence-electron chi connectivity index (χ0n) is 7.82. The van der Waals surface area contributed by atoms with Crippen LogP contribution in [-0.2, 0) is 9.53 Å². The second-order valence-corrected chi connectivity index (χ2v) is 3.60. The van der Waals surface area contributed by atoms with Gasteiger partial charge in [-0.15, -0.1) is 0 Å². The van der Waals surface area contributed by atoms with E-state index in [0.717, 1.165) is 0 Å². The Balaban J connectivity index is 2.27. The molecule has 0 heterocycles. The molecule has 0 bridgehead atoms. The van der Waals surface area contributed by atoms with E-state index in [9.17, 15) is 9.90 Å². The molecule has 0 radical (unpaired) electrons. The summed E-state index contributed by atoms with van der Waals surface area (Å²) in [5.41, 5.74) is -0.642. The molecule has 1 unspecified atom stereocenters. The molecule has 1 aliphatic carbocycles. The topological polar surface area (TPSA) is 66.8 Å². The number of ether oxygens (including phenoxy) is 1. The molecule has 0 amide bonds. The Morgan fingerprint density at radius 1 is 1.62 bits per heavy atom. The van der Waals surface area contributed by atoms with Gasteiger partial charge < -0.3 is 14.9 Å². The van der Waals surface area contributed by atoms with Gasteiger partial charge in [-0.2, -0.15) is 0 Å². The molecule has 0 aromatic rings. The van der Waals surface area contributed by atoms with Crippen LogP contribution in [-0.4, -0.2) is 35.5 Å². The lowest BCUT2D eigenvalue weighted by molar-refractivity contribution is -0.145. The van der Waals surface area contributed by atoms with Gasteiger partial charge >= 0.3 is 5.97 Å². The highest BCUT2D eigenvalue weighted by molar-refractivity contribution is 5.77. The Labute approximate surface area is 77.5 Å². The third-order valence-electron chi connectivity index (χ3n) is 2.45. The highest BCUT2D eigenvalue weighted by Gasteiger charge is 2.51. The van der Waals surface area contributed by atoms with Gasteiger partial charge in [-0.3, -0.25) is 4.79 Å². The number of hydrogen-bond acceptors (Lipinski definition) is 3. The number of hydrogen-bond donors (Lipinski definition) is 2. The molecule has 1 atom stereocenters. The van der Waals surface area contributed by atoms with Crippen molar-refractivity contribution in [3.63, 3.8) is 0 Å². The van der Waals surface area contributed by atoms with E-state index in [1.807, 2.05) is 6.92 Å². The zero-order chi connectivity index (χ0) is 9.90. The molecular weight excluding hydrogens is 172 g/mol. The Morgan fingerprint density at radius 3 is 2.62 bits per heavy atom. The van der Waals surface area contributed by atoms with E-state index >= 15 is 0 Å². The van der Waals surface area contributed by atoms with Crippen LogP contribution in [0.5, 0.6) is 0 Å². The van der Waals surface area contributed by atoms with Gasteiger partial charge in [0.15, 0.2) is 0 Å². The average Bonchev–Trinajstić information content (AvgIpc) is 2.82. The summed E-state index contributed by atoms with van der Waals surface area (Å²) < 4.78 is 5.01. The van der Waals surface area contributed by atoms with Crippen molar-refractivity contribution in [2.75, 3.05) is 13.2 Å². The highest BCUT2D eigenvalue weighted by atomic mass is 16.5. The summed E-state index contributed by atoms with van der Waals surface area (Å²) >= 11 is 0. The van der Waals surface area contributed by atoms with Gasteiger partial charge in [0.05, 0.1) is 18.1 Å². The first-order chi connectivity index (χ1) is 6.10. The molecule has 0 saturated heterocycles. The quantitative estimate of drug-likeness (QED) is 0.642. The van der Waals surface area contributed by atoms with Crippen LogP contribution in [0.2, 0.25) is 0 Å². The maximum Gasteiger partial charge on any atom is 0.309 e. The van der Waals surface area contributed by atoms with Gasteiger partial charge in [-0.1, -0.05) is 0 Å². The number of aliphatic hydroxyl groups is 1. The lowest BCUT2D eigenvalue weighted by atomic mass is 9.99. The largest absolute Gasteiger partial charge is 0.481 e. The molecule has 0 aliphatic heterocycles. The van der Waals surface area contributed by atoms with Crippen molar-refractivity contribution < 1.29 is 19.7 Å². The molecule has 4 heteroatoms. The van der Waals surface area contributed by atoms with E-state index in [4.69, 9.17) is 9.84 Å². The molecule has 76 valence electrons. The van der Waals surface area contributed by atoms with E-state index in [1.165, 1.54) is 0 Å². The van der Waals surface area contributed by atoms with Gasteiger partial charge in [0.25, 0.3) is 0 Å². The van der Waals surface area contributed by atoms with E-state index in [1.54, 1.807) is 0 Å². The van der Waals surface area contributed by atoms with E-state index in [0.29, 0.717) is 25.9 Å². The van der Waals surface area contributed by atoms with Gasteiger partial charge in [0, 0.05) is 6.61 Å². The van der Waals surface area contributed by atoms with E-state index in [-0.39, 0.29) is 6.61 Å². The van der Waals surface area contributed by atoms with Crippen LogP contribution in [0.3, 0.4) is 0 Å². The fourth-order valence-electron chi connectivity index (χ4n) is 1.42. The Bertz CT molecular complexity index is 186. The minimum atomic E-state index is -0.789. The van der Waals surface area contributed by atoms with Crippen LogP contribution < -0.4 is 0 Å². The minimum Gasteiger partial charge on any atom is -0.481 e. The Hall–Kier alpha value is -0.610. The third-order valence-corrected chi connectivity index (χ3v) is 2.45. The Morgan fingerprint density at radius 2 is 2.23 bits per heavy atom. The average molecular weight is 188 g/mol. The molecule has 0 aromatic heterocycles. The van der Waals surface area contributed by atoms with E-state index < -0.39 is 17.5 Å². The normalized spacial score (nSPS) is 21.1. The van der Waals surface area contributed by atoms with Crippen LogP contribution in [0.4, 0.5) is 0 Å². The van der Waals surface area contributed by atoms with Crippen molar-refractivity contribution in [1.29, 1.82) is 0 Å². The second kappa shape index (κ2) is 4.07. The lowest BCUT2D eigenvalue weighted by Crippen LogP contribution is -2.25. The monoisotopic (exact) mass is 188 g/mol. The summed E-state index contributed by atoms with van der Waals surface area (Å²) in [7, 11) is 0. The van der Waals surface area contributed by atoms with Crippen LogP contribution in [0.15, 0.2) is 0 Å². The van der Waals surface area contributed by atoms with Crippen molar-refractivity contribution in [3.8, 4) is 0 Å². The molecule has 2 N–H and O–H groups in total. The van der Waals surface area contributed by atoms with Crippen molar-refractivity contribution in [3.05, 3.63) is 0 Å². The number of carboxylic acids is 1. The number of carbonyl (C=O) groups is 1. The summed E-state index contributed by atoms with van der Waals surface area (Å²) in [4.78, 5) is 10.7. The van der Waals surface area contributed by atoms with Gasteiger partial charge in [-0.25, -0.2) is 0 Å². The van der Waals surface area contributed by atoms with Gasteiger partial charge in [-0.05, 0) is 26.2 Å². The molecule has 0 aromatic carbocycles. The number of carboxylic acid groups (broad SMARTS) is 1. The van der Waals surface area contributed by atoms with Crippen LogP contribution in [0.25, 0.3) is 0 Å². The van der Waals surface area contributed by atoms with Gasteiger partial charge in [0.2, 0.25) is 0 Å². The number of aliphatic hydroxyl groups excluding tert-OH is 1. The highest BCUT2D eigenvalue weighted by Crippen LogP contribution is 2.49. The van der Waals surface area contributed by atoms with Crippen molar-refractivity contribution >= 4 is 5.97 Å². The molecule has 1 fully saturated rings. The number of rotatable bonds is 6. The zero-order valence-corrected chi connectivity index (χ0v) is 7.82. The standard InChI is InChI=1S/C9H16O4/c1-2-13-6-7(10)5-9(3-4-9)8(11)12/h7,10H,2-6H2,1H3,(H,11,12). The van der Waals surface area contributed by atoms with Crippen molar-refractivity contribution in [1.82, 2.24) is 0 Å². The first kappa shape index (κ1) is 10.5. The third kappa shape index (κ3) is 2.67. The molecular formula is C9H16O4. The fraction of sp³-hybridized carbons (Fsp3) is 0.889. The molecule has 1 aliphatic rings. The van der Waals surface area contributed by atoms with Crippen LogP contribution >= 0.6 is 0 Å². The summed E-state index contributed by atoms with van der Waals surface area (Å²) in [6.07, 6.45) is 1.05. The molecule has 0 spiro atoms. The lowest BCUT2D eigenvalue weighted by Gasteiger charge is -2.14. The summed E-state index contributed by atoms with van der Waals surface area (Å²) in [5, 5.41) is 18.2. The Kier molecular flexibility index (Phi) is 3.27. The van der Waals surface area contributed by atoms with E-state index in [2.05, 4.69) is 0 Å². The predicted molar refractivity (Wildman–Crippen MR) is 46.4 cm³/mol. The minimum absolute atomic E-state index is 0.242. The first-order valence-electron chi connectivity index (χ1n) is 4.60. The first-order valence-corrected chi connectivity index (χ1v) is 4.60. The molecule has 1 rings (SSSR count). The molecule has 4 nitrogen and oxygen atoms in total. The van der Waals surface area contributed by atoms with Gasteiger partial charge in [0.1, 0.15) is 0 Å².